The van der Waals surface area contributed by atoms with Crippen molar-refractivity contribution in [3.8, 4) is 23.0 Å². The second-order valence-corrected chi connectivity index (χ2v) is 5.14. The normalized spacial score (nSPS) is 19.1. The Labute approximate surface area is 123 Å². The first kappa shape index (κ1) is 12.4. The monoisotopic (exact) mass is 284 g/mol. The summed E-state index contributed by atoms with van der Waals surface area (Å²) >= 11 is 0. The molecule has 2 aliphatic rings. The van der Waals surface area contributed by atoms with E-state index in [-0.39, 0.29) is 6.10 Å². The standard InChI is InChI=1S/C17H16O4/c1-2-6-15-14(5-1)20-11-13(21-15)10-12-4-3-7-16-17(12)19-9-8-18-16/h1-7,13H,8-11H2. The van der Waals surface area contributed by atoms with E-state index in [9.17, 15) is 0 Å². The average Bonchev–Trinajstić information content (AvgIpc) is 2.55. The predicted molar refractivity (Wildman–Crippen MR) is 77.5 cm³/mol. The van der Waals surface area contributed by atoms with E-state index in [0.29, 0.717) is 19.8 Å². The van der Waals surface area contributed by atoms with Crippen molar-refractivity contribution in [3.05, 3.63) is 48.0 Å². The zero-order valence-electron chi connectivity index (χ0n) is 11.6. The average molecular weight is 284 g/mol. The number of benzene rings is 2. The summed E-state index contributed by atoms with van der Waals surface area (Å²) in [7, 11) is 0. The number of hydrogen-bond acceptors (Lipinski definition) is 4. The highest BCUT2D eigenvalue weighted by atomic mass is 16.6. The van der Waals surface area contributed by atoms with Crippen LogP contribution >= 0.6 is 0 Å². The van der Waals surface area contributed by atoms with Crippen molar-refractivity contribution < 1.29 is 18.9 Å². The predicted octanol–water partition coefficient (Wildman–Crippen LogP) is 2.84. The molecule has 4 heteroatoms. The molecule has 0 amide bonds. The first-order valence-corrected chi connectivity index (χ1v) is 7.16. The van der Waals surface area contributed by atoms with Crippen LogP contribution in [0.4, 0.5) is 0 Å². The van der Waals surface area contributed by atoms with Gasteiger partial charge in [0.15, 0.2) is 23.0 Å². The van der Waals surface area contributed by atoms with Gasteiger partial charge in [0, 0.05) is 12.0 Å². The highest BCUT2D eigenvalue weighted by Gasteiger charge is 2.24. The number of hydrogen-bond donors (Lipinski definition) is 0. The van der Waals surface area contributed by atoms with Gasteiger partial charge in [0.25, 0.3) is 0 Å². The lowest BCUT2D eigenvalue weighted by atomic mass is 10.1. The molecule has 0 radical (unpaired) electrons. The van der Waals surface area contributed by atoms with Gasteiger partial charge >= 0.3 is 0 Å². The summed E-state index contributed by atoms with van der Waals surface area (Å²) in [6.45, 7) is 1.74. The van der Waals surface area contributed by atoms with Crippen LogP contribution in [0.5, 0.6) is 23.0 Å². The highest BCUT2D eigenvalue weighted by molar-refractivity contribution is 5.48. The van der Waals surface area contributed by atoms with Gasteiger partial charge in [-0.2, -0.15) is 0 Å². The molecule has 0 aromatic heterocycles. The minimum Gasteiger partial charge on any atom is -0.486 e. The van der Waals surface area contributed by atoms with Crippen molar-refractivity contribution in [2.75, 3.05) is 19.8 Å². The molecule has 0 saturated carbocycles. The molecule has 21 heavy (non-hydrogen) atoms. The van der Waals surface area contributed by atoms with E-state index in [1.54, 1.807) is 0 Å². The van der Waals surface area contributed by atoms with Gasteiger partial charge in [-0.15, -0.1) is 0 Å². The lowest BCUT2D eigenvalue weighted by molar-refractivity contribution is 0.0898. The maximum atomic E-state index is 6.01. The molecular formula is C17H16O4. The van der Waals surface area contributed by atoms with Crippen LogP contribution < -0.4 is 18.9 Å². The highest BCUT2D eigenvalue weighted by Crippen LogP contribution is 2.36. The fourth-order valence-corrected chi connectivity index (χ4v) is 2.70. The lowest BCUT2D eigenvalue weighted by Gasteiger charge is -2.28. The minimum atomic E-state index is -0.0167. The van der Waals surface area contributed by atoms with Crippen molar-refractivity contribution in [1.82, 2.24) is 0 Å². The van der Waals surface area contributed by atoms with E-state index >= 15 is 0 Å². The van der Waals surface area contributed by atoms with Crippen molar-refractivity contribution in [3.63, 3.8) is 0 Å². The van der Waals surface area contributed by atoms with Gasteiger partial charge in [0.1, 0.15) is 25.9 Å². The summed E-state index contributed by atoms with van der Waals surface area (Å²) in [6.07, 6.45) is 0.720. The summed E-state index contributed by atoms with van der Waals surface area (Å²) in [5.41, 5.74) is 1.10. The third-order valence-corrected chi connectivity index (χ3v) is 3.66. The molecule has 0 bridgehead atoms. The fourth-order valence-electron chi connectivity index (χ4n) is 2.70. The number of fused-ring (bicyclic) bond motifs is 2. The quantitative estimate of drug-likeness (QED) is 0.849. The van der Waals surface area contributed by atoms with Crippen LogP contribution in [0.2, 0.25) is 0 Å². The largest absolute Gasteiger partial charge is 0.486 e. The van der Waals surface area contributed by atoms with Crippen molar-refractivity contribution >= 4 is 0 Å². The molecule has 1 atom stereocenters. The van der Waals surface area contributed by atoms with Gasteiger partial charge in [-0.1, -0.05) is 24.3 Å². The van der Waals surface area contributed by atoms with Crippen LogP contribution in [0.15, 0.2) is 42.5 Å². The molecule has 0 spiro atoms. The van der Waals surface area contributed by atoms with Crippen molar-refractivity contribution in [2.24, 2.45) is 0 Å². The smallest absolute Gasteiger partial charge is 0.164 e. The lowest BCUT2D eigenvalue weighted by Crippen LogP contribution is -2.31. The van der Waals surface area contributed by atoms with E-state index in [1.807, 2.05) is 36.4 Å². The summed E-state index contributed by atoms with van der Waals surface area (Å²) in [5, 5.41) is 0. The van der Waals surface area contributed by atoms with Crippen molar-refractivity contribution in [1.29, 1.82) is 0 Å². The minimum absolute atomic E-state index is 0.0167. The number of rotatable bonds is 2. The van der Waals surface area contributed by atoms with Gasteiger partial charge in [-0.05, 0) is 18.2 Å². The molecule has 0 N–H and O–H groups in total. The Kier molecular flexibility index (Phi) is 3.07. The second kappa shape index (κ2) is 5.20. The number of para-hydroxylation sites is 3. The number of ether oxygens (including phenoxy) is 4. The fraction of sp³-hybridized carbons (Fsp3) is 0.294. The zero-order valence-corrected chi connectivity index (χ0v) is 11.6. The third kappa shape index (κ3) is 2.37. The van der Waals surface area contributed by atoms with E-state index in [2.05, 4.69) is 6.07 Å². The Hall–Kier alpha value is -2.36. The Balaban J connectivity index is 1.55. The van der Waals surface area contributed by atoms with E-state index in [1.165, 1.54) is 0 Å². The van der Waals surface area contributed by atoms with Gasteiger partial charge in [0.2, 0.25) is 0 Å². The maximum absolute atomic E-state index is 6.01. The summed E-state index contributed by atoms with van der Waals surface area (Å²) in [6, 6.07) is 13.7. The molecule has 2 aromatic carbocycles. The van der Waals surface area contributed by atoms with Gasteiger partial charge in [-0.25, -0.2) is 0 Å². The van der Waals surface area contributed by atoms with Crippen molar-refractivity contribution in [2.45, 2.75) is 12.5 Å². The molecule has 1 unspecified atom stereocenters. The van der Waals surface area contributed by atoms with E-state index in [0.717, 1.165) is 35.0 Å². The van der Waals surface area contributed by atoms with Crippen LogP contribution in [0, 0.1) is 0 Å². The molecule has 108 valence electrons. The molecule has 2 heterocycles. The molecule has 0 fully saturated rings. The van der Waals surface area contributed by atoms with E-state index < -0.39 is 0 Å². The first-order valence-electron chi connectivity index (χ1n) is 7.16. The van der Waals surface area contributed by atoms with E-state index in [4.69, 9.17) is 18.9 Å². The molecule has 4 nitrogen and oxygen atoms in total. The Morgan fingerprint density at radius 1 is 0.810 bits per heavy atom. The maximum Gasteiger partial charge on any atom is 0.164 e. The third-order valence-electron chi connectivity index (χ3n) is 3.66. The second-order valence-electron chi connectivity index (χ2n) is 5.14. The molecular weight excluding hydrogens is 268 g/mol. The first-order chi connectivity index (χ1) is 10.4. The van der Waals surface area contributed by atoms with Crippen LogP contribution in [0.1, 0.15) is 5.56 Å². The summed E-state index contributed by atoms with van der Waals surface area (Å²) < 4.78 is 23.1. The van der Waals surface area contributed by atoms with Crippen LogP contribution in [0.3, 0.4) is 0 Å². The zero-order chi connectivity index (χ0) is 14.1. The Morgan fingerprint density at radius 3 is 2.57 bits per heavy atom. The molecule has 0 aliphatic carbocycles. The molecule has 2 aromatic rings. The SMILES string of the molecule is c1ccc2c(c1)OCC(Cc1cccc3c1OCCO3)O2. The Bertz CT molecular complexity index is 653. The summed E-state index contributed by atoms with van der Waals surface area (Å²) in [4.78, 5) is 0. The Morgan fingerprint density at radius 2 is 1.62 bits per heavy atom. The van der Waals surface area contributed by atoms with Gasteiger partial charge < -0.3 is 18.9 Å². The van der Waals surface area contributed by atoms with Crippen LogP contribution in [-0.2, 0) is 6.42 Å². The van der Waals surface area contributed by atoms with Crippen LogP contribution in [-0.4, -0.2) is 25.9 Å². The van der Waals surface area contributed by atoms with Gasteiger partial charge in [-0.3, -0.25) is 0 Å². The molecule has 2 aliphatic heterocycles. The summed E-state index contributed by atoms with van der Waals surface area (Å²) in [5.74, 6) is 3.27. The molecule has 0 saturated heterocycles. The van der Waals surface area contributed by atoms with Gasteiger partial charge in [0.05, 0.1) is 0 Å². The molecule has 4 rings (SSSR count). The van der Waals surface area contributed by atoms with Crippen LogP contribution in [0.25, 0.3) is 0 Å². The topological polar surface area (TPSA) is 36.9 Å².